The molecule has 0 unspecified atom stereocenters. The molecule has 24 heavy (non-hydrogen) atoms. The van der Waals surface area contributed by atoms with E-state index in [1.54, 1.807) is 52.1 Å². The summed E-state index contributed by atoms with van der Waals surface area (Å²) < 4.78 is 3.12. The van der Waals surface area contributed by atoms with Gasteiger partial charge in [0.1, 0.15) is 0 Å². The number of hydrogen-bond acceptors (Lipinski definition) is 3. The molecule has 1 aliphatic rings. The number of carbonyl (C=O) groups is 2. The van der Waals surface area contributed by atoms with Crippen molar-refractivity contribution in [3.63, 3.8) is 0 Å². The first-order valence-corrected chi connectivity index (χ1v) is 8.10. The maximum absolute atomic E-state index is 12.8. The van der Waals surface area contributed by atoms with Gasteiger partial charge < -0.3 is 9.80 Å². The van der Waals surface area contributed by atoms with Gasteiger partial charge in [0.25, 0.3) is 5.91 Å². The van der Waals surface area contributed by atoms with E-state index < -0.39 is 0 Å². The van der Waals surface area contributed by atoms with Crippen molar-refractivity contribution in [2.75, 3.05) is 26.2 Å². The summed E-state index contributed by atoms with van der Waals surface area (Å²) in [7, 11) is 3.42. The Kier molecular flexibility index (Phi) is 4.17. The highest BCUT2D eigenvalue weighted by molar-refractivity contribution is 5.97. The number of benzene rings is 1. The molecule has 7 heteroatoms. The zero-order chi connectivity index (χ0) is 17.4. The van der Waals surface area contributed by atoms with Crippen LogP contribution in [0.4, 0.5) is 0 Å². The largest absolute Gasteiger partial charge is 0.341 e. The van der Waals surface area contributed by atoms with Crippen molar-refractivity contribution >= 4 is 22.8 Å². The minimum absolute atomic E-state index is 0.0463. The molecule has 0 aliphatic carbocycles. The molecule has 0 spiro atoms. The second-order valence-corrected chi connectivity index (χ2v) is 6.26. The number of imidazole rings is 1. The van der Waals surface area contributed by atoms with Gasteiger partial charge in [0, 0.05) is 52.8 Å². The Morgan fingerprint density at radius 2 is 1.54 bits per heavy atom. The van der Waals surface area contributed by atoms with Gasteiger partial charge in [0.15, 0.2) is 0 Å². The van der Waals surface area contributed by atoms with Crippen molar-refractivity contribution in [2.24, 2.45) is 14.1 Å². The zero-order valence-corrected chi connectivity index (χ0v) is 14.3. The summed E-state index contributed by atoms with van der Waals surface area (Å²) in [6, 6.07) is 5.34. The number of hydrogen-bond donors (Lipinski definition) is 0. The highest BCUT2D eigenvalue weighted by atomic mass is 16.2. The van der Waals surface area contributed by atoms with Crippen molar-refractivity contribution in [3.05, 3.63) is 34.2 Å². The lowest BCUT2D eigenvalue weighted by molar-refractivity contribution is -0.128. The van der Waals surface area contributed by atoms with E-state index >= 15 is 0 Å². The lowest BCUT2D eigenvalue weighted by atomic mass is 10.1. The summed E-state index contributed by atoms with van der Waals surface area (Å²) in [5.41, 5.74) is 2.01. The van der Waals surface area contributed by atoms with Crippen molar-refractivity contribution in [1.29, 1.82) is 0 Å². The highest BCUT2D eigenvalue weighted by Gasteiger charge is 2.22. The topological polar surface area (TPSA) is 67.6 Å². The fourth-order valence-electron chi connectivity index (χ4n) is 3.26. The molecule has 7 nitrogen and oxygen atoms in total. The molecule has 2 heterocycles. The lowest BCUT2D eigenvalue weighted by Crippen LogP contribution is -2.36. The summed E-state index contributed by atoms with van der Waals surface area (Å²) in [5.74, 6) is -0.0105. The molecule has 1 saturated heterocycles. The van der Waals surface area contributed by atoms with Gasteiger partial charge in [-0.05, 0) is 24.6 Å². The molecular weight excluding hydrogens is 308 g/mol. The van der Waals surface area contributed by atoms with Crippen LogP contribution in [0.2, 0.25) is 0 Å². The van der Waals surface area contributed by atoms with E-state index in [2.05, 4.69) is 0 Å². The van der Waals surface area contributed by atoms with Crippen LogP contribution in [0, 0.1) is 0 Å². The highest BCUT2D eigenvalue weighted by Crippen LogP contribution is 2.16. The first-order chi connectivity index (χ1) is 11.4. The molecule has 0 radical (unpaired) electrons. The third-order valence-electron chi connectivity index (χ3n) is 4.75. The van der Waals surface area contributed by atoms with Gasteiger partial charge in [-0.1, -0.05) is 0 Å². The average molecular weight is 330 g/mol. The van der Waals surface area contributed by atoms with Crippen LogP contribution < -0.4 is 5.69 Å². The van der Waals surface area contributed by atoms with E-state index in [0.717, 1.165) is 17.5 Å². The Bertz CT molecular complexity index is 865. The molecule has 0 saturated carbocycles. The van der Waals surface area contributed by atoms with Crippen LogP contribution in [0.25, 0.3) is 11.0 Å². The number of aromatic nitrogens is 2. The van der Waals surface area contributed by atoms with Gasteiger partial charge in [0.05, 0.1) is 11.0 Å². The Morgan fingerprint density at radius 3 is 2.25 bits per heavy atom. The van der Waals surface area contributed by atoms with Crippen molar-refractivity contribution in [2.45, 2.75) is 13.3 Å². The number of fused-ring (bicyclic) bond motifs is 1. The summed E-state index contributed by atoms with van der Waals surface area (Å²) in [6.45, 7) is 3.97. The van der Waals surface area contributed by atoms with Crippen LogP contribution in [-0.4, -0.2) is 56.9 Å². The molecule has 0 bridgehead atoms. The quantitative estimate of drug-likeness (QED) is 0.768. The predicted octanol–water partition coefficient (Wildman–Crippen LogP) is 0.571. The van der Waals surface area contributed by atoms with Gasteiger partial charge >= 0.3 is 5.69 Å². The van der Waals surface area contributed by atoms with Crippen LogP contribution in [0.3, 0.4) is 0 Å². The van der Waals surface area contributed by atoms with Crippen LogP contribution in [0.1, 0.15) is 23.7 Å². The van der Waals surface area contributed by atoms with E-state index in [9.17, 15) is 14.4 Å². The molecule has 1 fully saturated rings. The molecule has 2 aromatic rings. The maximum Gasteiger partial charge on any atom is 0.328 e. The van der Waals surface area contributed by atoms with E-state index in [0.29, 0.717) is 31.7 Å². The molecular formula is C17H22N4O3. The predicted molar refractivity (Wildman–Crippen MR) is 90.9 cm³/mol. The summed E-state index contributed by atoms with van der Waals surface area (Å²) in [6.07, 6.45) is 0.775. The van der Waals surface area contributed by atoms with Gasteiger partial charge in [-0.25, -0.2) is 4.79 Å². The second-order valence-electron chi connectivity index (χ2n) is 6.26. The van der Waals surface area contributed by atoms with Crippen LogP contribution in [0.5, 0.6) is 0 Å². The fourth-order valence-corrected chi connectivity index (χ4v) is 3.26. The molecule has 1 aromatic heterocycles. The molecule has 3 rings (SSSR count). The monoisotopic (exact) mass is 330 g/mol. The number of amides is 2. The van der Waals surface area contributed by atoms with E-state index in [-0.39, 0.29) is 17.5 Å². The Balaban J connectivity index is 1.87. The molecule has 0 N–H and O–H groups in total. The number of carbonyl (C=O) groups excluding carboxylic acids is 2. The van der Waals surface area contributed by atoms with Crippen molar-refractivity contribution in [1.82, 2.24) is 18.9 Å². The number of aryl methyl sites for hydroxylation is 2. The van der Waals surface area contributed by atoms with Crippen molar-refractivity contribution in [3.8, 4) is 0 Å². The van der Waals surface area contributed by atoms with Gasteiger partial charge in [-0.3, -0.25) is 18.7 Å². The van der Waals surface area contributed by atoms with E-state index in [1.165, 1.54) is 0 Å². The third-order valence-corrected chi connectivity index (χ3v) is 4.75. The van der Waals surface area contributed by atoms with E-state index in [4.69, 9.17) is 0 Å². The standard InChI is InChI=1S/C17H22N4O3/c1-12(22)20-7-4-8-21(10-9-20)16(23)13-5-6-14-15(11-13)19(3)17(24)18(14)2/h5-6,11H,4,7-10H2,1-3H3. The average Bonchev–Trinajstić information content (AvgIpc) is 2.78. The Morgan fingerprint density at radius 1 is 0.917 bits per heavy atom. The Hall–Kier alpha value is -2.57. The molecule has 128 valence electrons. The Labute approximate surface area is 140 Å². The van der Waals surface area contributed by atoms with Crippen LogP contribution in [0.15, 0.2) is 23.0 Å². The summed E-state index contributed by atoms with van der Waals surface area (Å²) in [4.78, 5) is 39.9. The molecule has 1 aliphatic heterocycles. The van der Waals surface area contributed by atoms with Crippen molar-refractivity contribution < 1.29 is 9.59 Å². The van der Waals surface area contributed by atoms with Crippen LogP contribution >= 0.6 is 0 Å². The lowest BCUT2D eigenvalue weighted by Gasteiger charge is -2.21. The first kappa shape index (κ1) is 16.3. The maximum atomic E-state index is 12.8. The minimum Gasteiger partial charge on any atom is -0.341 e. The number of nitrogens with zero attached hydrogens (tertiary/aromatic N) is 4. The third kappa shape index (κ3) is 2.70. The summed E-state index contributed by atoms with van der Waals surface area (Å²) >= 11 is 0. The second kappa shape index (κ2) is 6.14. The minimum atomic E-state index is -0.110. The van der Waals surface area contributed by atoms with Gasteiger partial charge in [-0.15, -0.1) is 0 Å². The zero-order valence-electron chi connectivity index (χ0n) is 14.3. The smallest absolute Gasteiger partial charge is 0.328 e. The molecule has 0 atom stereocenters. The first-order valence-electron chi connectivity index (χ1n) is 8.10. The fraction of sp³-hybridized carbons (Fsp3) is 0.471. The van der Waals surface area contributed by atoms with Gasteiger partial charge in [-0.2, -0.15) is 0 Å². The molecule has 1 aromatic carbocycles. The molecule has 2 amide bonds. The number of rotatable bonds is 1. The summed E-state index contributed by atoms with van der Waals surface area (Å²) in [5, 5.41) is 0. The normalized spacial score (nSPS) is 15.6. The van der Waals surface area contributed by atoms with E-state index in [1.807, 2.05) is 6.07 Å². The van der Waals surface area contributed by atoms with Gasteiger partial charge in [0.2, 0.25) is 5.91 Å². The SMILES string of the molecule is CC(=O)N1CCCN(C(=O)c2ccc3c(c2)n(C)c(=O)n3C)CC1. The van der Waals surface area contributed by atoms with Crippen LogP contribution in [-0.2, 0) is 18.9 Å².